The lowest BCUT2D eigenvalue weighted by Crippen LogP contribution is -2.42. The molecule has 0 unspecified atom stereocenters. The molecule has 0 radical (unpaired) electrons. The van der Waals surface area contributed by atoms with E-state index in [9.17, 15) is 9.59 Å². The van der Waals surface area contributed by atoms with Crippen molar-refractivity contribution in [1.82, 2.24) is 14.5 Å². The molecule has 3 aromatic heterocycles. The second-order valence-corrected chi connectivity index (χ2v) is 8.41. The van der Waals surface area contributed by atoms with Crippen molar-refractivity contribution in [1.29, 1.82) is 0 Å². The minimum Gasteiger partial charge on any atom is -0.338 e. The summed E-state index contributed by atoms with van der Waals surface area (Å²) in [6, 6.07) is 4.30. The van der Waals surface area contributed by atoms with Crippen LogP contribution in [-0.4, -0.2) is 32.9 Å². The zero-order valence-corrected chi connectivity index (χ0v) is 16.3. The molecule has 1 aliphatic rings. The molecule has 0 spiro atoms. The van der Waals surface area contributed by atoms with Crippen molar-refractivity contribution in [3.05, 3.63) is 39.6 Å². The molecule has 0 atom stereocenters. The van der Waals surface area contributed by atoms with Crippen LogP contribution in [0.5, 0.6) is 0 Å². The van der Waals surface area contributed by atoms with E-state index in [4.69, 9.17) is 0 Å². The summed E-state index contributed by atoms with van der Waals surface area (Å²) in [7, 11) is 0. The van der Waals surface area contributed by atoms with Gasteiger partial charge < -0.3 is 4.90 Å². The fourth-order valence-electron chi connectivity index (χ4n) is 3.78. The Morgan fingerprint density at radius 1 is 1.35 bits per heavy atom. The van der Waals surface area contributed by atoms with E-state index < -0.39 is 0 Å². The smallest absolute Gasteiger partial charge is 0.263 e. The zero-order valence-electron chi connectivity index (χ0n) is 14.7. The Labute approximate surface area is 159 Å². The van der Waals surface area contributed by atoms with Gasteiger partial charge in [0.1, 0.15) is 11.4 Å². The molecule has 1 amide bonds. The molecule has 26 heavy (non-hydrogen) atoms. The van der Waals surface area contributed by atoms with E-state index in [2.05, 4.69) is 4.98 Å². The van der Waals surface area contributed by atoms with Gasteiger partial charge in [-0.1, -0.05) is 18.9 Å². The fraction of sp³-hybridized carbons (Fsp3) is 0.421. The maximum Gasteiger partial charge on any atom is 0.263 e. The van der Waals surface area contributed by atoms with Gasteiger partial charge in [0.2, 0.25) is 5.91 Å². The maximum atomic E-state index is 13.0. The first-order valence-corrected chi connectivity index (χ1v) is 10.7. The average molecular weight is 388 g/mol. The Morgan fingerprint density at radius 3 is 2.85 bits per heavy atom. The Hall–Kier alpha value is -1.99. The lowest BCUT2D eigenvalue weighted by atomic mass is 10.2. The minimum absolute atomic E-state index is 0.00977. The molecule has 3 aromatic rings. The molecule has 0 bridgehead atoms. The Morgan fingerprint density at radius 2 is 2.15 bits per heavy atom. The van der Waals surface area contributed by atoms with Crippen molar-refractivity contribution >= 4 is 38.8 Å². The van der Waals surface area contributed by atoms with Crippen molar-refractivity contribution in [2.75, 3.05) is 6.54 Å². The molecular formula is C19H21N3O2S2. The zero-order chi connectivity index (χ0) is 18.1. The van der Waals surface area contributed by atoms with Crippen molar-refractivity contribution in [3.8, 4) is 10.4 Å². The summed E-state index contributed by atoms with van der Waals surface area (Å²) >= 11 is 3.08. The van der Waals surface area contributed by atoms with Gasteiger partial charge in [0.25, 0.3) is 5.56 Å². The molecular weight excluding hydrogens is 366 g/mol. The molecule has 0 aromatic carbocycles. The molecule has 0 N–H and O–H groups in total. The summed E-state index contributed by atoms with van der Waals surface area (Å²) in [6.45, 7) is 2.76. The number of fused-ring (bicyclic) bond motifs is 1. The first-order chi connectivity index (χ1) is 12.7. The monoisotopic (exact) mass is 387 g/mol. The topological polar surface area (TPSA) is 55.2 Å². The van der Waals surface area contributed by atoms with E-state index in [1.54, 1.807) is 11.3 Å². The van der Waals surface area contributed by atoms with Crippen LogP contribution in [0.15, 0.2) is 34.0 Å². The molecule has 7 heteroatoms. The molecule has 0 saturated heterocycles. The second-order valence-electron chi connectivity index (χ2n) is 6.60. The fourth-order valence-corrected chi connectivity index (χ4v) is 5.50. The molecule has 1 fully saturated rings. The van der Waals surface area contributed by atoms with E-state index in [0.717, 1.165) is 28.1 Å². The van der Waals surface area contributed by atoms with Crippen LogP contribution in [0.25, 0.3) is 20.7 Å². The van der Waals surface area contributed by atoms with Gasteiger partial charge in [-0.25, -0.2) is 4.98 Å². The third-order valence-electron chi connectivity index (χ3n) is 5.08. The van der Waals surface area contributed by atoms with E-state index in [0.29, 0.717) is 18.0 Å². The highest BCUT2D eigenvalue weighted by Crippen LogP contribution is 2.33. The van der Waals surface area contributed by atoms with Gasteiger partial charge >= 0.3 is 0 Å². The quantitative estimate of drug-likeness (QED) is 0.665. The number of carbonyl (C=O) groups is 1. The lowest BCUT2D eigenvalue weighted by molar-refractivity contribution is -0.133. The molecule has 0 aliphatic heterocycles. The van der Waals surface area contributed by atoms with Gasteiger partial charge in [0.05, 0.1) is 11.7 Å². The number of amides is 1. The lowest BCUT2D eigenvalue weighted by Gasteiger charge is -2.27. The van der Waals surface area contributed by atoms with Crippen molar-refractivity contribution < 1.29 is 4.79 Å². The largest absolute Gasteiger partial charge is 0.338 e. The standard InChI is InChI=1S/C19H21N3O2S2/c1-2-22(13-6-3-4-7-13)16(23)10-21-12-20-18-17(19(21)24)14(11-26-18)15-8-5-9-25-15/h5,8-9,11-13H,2-4,6-7,10H2,1H3. The van der Waals surface area contributed by atoms with Crippen LogP contribution in [0.1, 0.15) is 32.6 Å². The van der Waals surface area contributed by atoms with Crippen LogP contribution in [0, 0.1) is 0 Å². The van der Waals surface area contributed by atoms with Crippen LogP contribution in [-0.2, 0) is 11.3 Å². The number of hydrogen-bond donors (Lipinski definition) is 0. The summed E-state index contributed by atoms with van der Waals surface area (Å²) < 4.78 is 1.46. The Kier molecular flexibility index (Phi) is 4.91. The SMILES string of the molecule is CCN(C(=O)Cn1cnc2scc(-c3cccs3)c2c1=O)C1CCCC1. The Bertz CT molecular complexity index is 968. The van der Waals surface area contributed by atoms with Gasteiger partial charge in [-0.3, -0.25) is 14.2 Å². The summed E-state index contributed by atoms with van der Waals surface area (Å²) in [5.41, 5.74) is 0.790. The Balaban J connectivity index is 1.66. The maximum absolute atomic E-state index is 13.0. The number of thiophene rings is 2. The van der Waals surface area contributed by atoms with Crippen LogP contribution in [0.4, 0.5) is 0 Å². The van der Waals surface area contributed by atoms with Gasteiger partial charge in [-0.05, 0) is 31.2 Å². The van der Waals surface area contributed by atoms with Crippen molar-refractivity contribution in [2.24, 2.45) is 0 Å². The van der Waals surface area contributed by atoms with E-state index in [1.807, 2.05) is 34.7 Å². The third kappa shape index (κ3) is 3.10. The number of nitrogens with zero attached hydrogens (tertiary/aromatic N) is 3. The van der Waals surface area contributed by atoms with Gasteiger partial charge in [0, 0.05) is 28.4 Å². The molecule has 136 valence electrons. The van der Waals surface area contributed by atoms with Crippen molar-refractivity contribution in [3.63, 3.8) is 0 Å². The third-order valence-corrected chi connectivity index (χ3v) is 6.87. The highest BCUT2D eigenvalue weighted by Gasteiger charge is 2.26. The second kappa shape index (κ2) is 7.32. The predicted molar refractivity (Wildman–Crippen MR) is 107 cm³/mol. The highest BCUT2D eigenvalue weighted by atomic mass is 32.1. The first kappa shape index (κ1) is 17.4. The van der Waals surface area contributed by atoms with Crippen LogP contribution in [0.3, 0.4) is 0 Å². The molecule has 3 heterocycles. The molecule has 1 aliphatic carbocycles. The van der Waals surface area contributed by atoms with Crippen molar-refractivity contribution in [2.45, 2.75) is 45.2 Å². The van der Waals surface area contributed by atoms with Gasteiger partial charge in [-0.2, -0.15) is 0 Å². The average Bonchev–Trinajstić information content (AvgIpc) is 3.39. The molecule has 4 rings (SSSR count). The van der Waals surface area contributed by atoms with Gasteiger partial charge in [-0.15, -0.1) is 22.7 Å². The van der Waals surface area contributed by atoms with Crippen LogP contribution >= 0.6 is 22.7 Å². The summed E-state index contributed by atoms with van der Waals surface area (Å²) in [5, 5.41) is 4.60. The summed E-state index contributed by atoms with van der Waals surface area (Å²) in [6.07, 6.45) is 6.01. The highest BCUT2D eigenvalue weighted by molar-refractivity contribution is 7.18. The molecule has 1 saturated carbocycles. The van der Waals surface area contributed by atoms with Crippen LogP contribution in [0.2, 0.25) is 0 Å². The van der Waals surface area contributed by atoms with Crippen LogP contribution < -0.4 is 5.56 Å². The molecule has 5 nitrogen and oxygen atoms in total. The minimum atomic E-state index is -0.129. The number of hydrogen-bond acceptors (Lipinski definition) is 5. The number of likely N-dealkylation sites (N-methyl/N-ethyl adjacent to an activating group) is 1. The van der Waals surface area contributed by atoms with E-state index in [-0.39, 0.29) is 18.0 Å². The van der Waals surface area contributed by atoms with E-state index >= 15 is 0 Å². The summed E-state index contributed by atoms with van der Waals surface area (Å²) in [5.74, 6) is 0.00977. The van der Waals surface area contributed by atoms with E-state index in [1.165, 1.54) is 35.1 Å². The normalized spacial score (nSPS) is 15.0. The summed E-state index contributed by atoms with van der Waals surface area (Å²) in [4.78, 5) is 34.0. The van der Waals surface area contributed by atoms with Gasteiger partial charge in [0.15, 0.2) is 0 Å². The predicted octanol–water partition coefficient (Wildman–Crippen LogP) is 3.98. The number of aromatic nitrogens is 2. The number of rotatable bonds is 5. The number of carbonyl (C=O) groups excluding carboxylic acids is 1. The first-order valence-electron chi connectivity index (χ1n) is 8.99.